The maximum Gasteiger partial charge on any atom is 0.198 e. The van der Waals surface area contributed by atoms with E-state index in [1.54, 1.807) is 6.21 Å². The molecule has 1 fully saturated rings. The number of hydrogen-bond donors (Lipinski definition) is 2. The van der Waals surface area contributed by atoms with E-state index in [4.69, 9.17) is 9.47 Å². The highest BCUT2D eigenvalue weighted by molar-refractivity contribution is 6.02. The maximum atomic E-state index is 10.1. The van der Waals surface area contributed by atoms with Crippen molar-refractivity contribution in [3.05, 3.63) is 54.1 Å². The third kappa shape index (κ3) is 3.97. The molecule has 0 radical (unpaired) electrons. The number of aromatic amines is 1. The van der Waals surface area contributed by atoms with E-state index >= 15 is 0 Å². The minimum absolute atomic E-state index is 0.0832. The smallest absolute Gasteiger partial charge is 0.198 e. The fraction of sp³-hybridized carbons (Fsp3) is 0.286. The Bertz CT molecular complexity index is 927. The van der Waals surface area contributed by atoms with Gasteiger partial charge < -0.3 is 24.5 Å². The first kappa shape index (κ1) is 17.6. The lowest BCUT2D eigenvalue weighted by Crippen LogP contribution is -2.23. The molecular weight excluding hydrogens is 342 g/mol. The van der Waals surface area contributed by atoms with Crippen molar-refractivity contribution in [3.8, 4) is 5.88 Å². The summed E-state index contributed by atoms with van der Waals surface area (Å²) in [6, 6.07) is 15.8. The summed E-state index contributed by atoms with van der Waals surface area (Å²) in [4.78, 5) is 9.64. The number of H-pyrrole nitrogens is 1. The van der Waals surface area contributed by atoms with Gasteiger partial charge in [-0.3, -0.25) is 4.99 Å². The summed E-state index contributed by atoms with van der Waals surface area (Å²) in [5.41, 5.74) is 3.54. The molecule has 0 aliphatic carbocycles. The van der Waals surface area contributed by atoms with Crippen LogP contribution in [0.2, 0.25) is 0 Å². The van der Waals surface area contributed by atoms with Crippen LogP contribution in [-0.2, 0) is 9.47 Å². The van der Waals surface area contributed by atoms with Gasteiger partial charge in [-0.2, -0.15) is 0 Å². The van der Waals surface area contributed by atoms with Crippen LogP contribution in [0.15, 0.2) is 53.5 Å². The second kappa shape index (κ2) is 7.82. The van der Waals surface area contributed by atoms with Crippen LogP contribution in [0.1, 0.15) is 12.0 Å². The topological polar surface area (TPSA) is 70.1 Å². The molecule has 1 saturated heterocycles. The Hall–Kier alpha value is -2.83. The standard InChI is InChI=1S/C21H23N3O3/c1-24(11-10-20-26-12-13-27-20)16-8-6-15(7-9-16)22-14-18-17-4-2-3-5-19(17)23-21(18)25/h2-9,14,20,23,25H,10-13H2,1H3. The fourth-order valence-electron chi connectivity index (χ4n) is 3.21. The second-order valence-electron chi connectivity index (χ2n) is 6.59. The van der Waals surface area contributed by atoms with Crippen molar-refractivity contribution in [2.45, 2.75) is 12.7 Å². The molecule has 0 spiro atoms. The number of nitrogens with one attached hydrogen (secondary N) is 1. The van der Waals surface area contributed by atoms with Crippen molar-refractivity contribution in [1.29, 1.82) is 0 Å². The predicted octanol–water partition coefficient (Wildman–Crippen LogP) is 3.82. The highest BCUT2D eigenvalue weighted by Gasteiger charge is 2.16. The molecule has 0 atom stereocenters. The number of hydrogen-bond acceptors (Lipinski definition) is 5. The molecule has 140 valence electrons. The van der Waals surface area contributed by atoms with Crippen LogP contribution >= 0.6 is 0 Å². The van der Waals surface area contributed by atoms with Gasteiger partial charge in [0.2, 0.25) is 0 Å². The van der Waals surface area contributed by atoms with Gasteiger partial charge in [0.15, 0.2) is 12.2 Å². The Balaban J connectivity index is 1.42. The van der Waals surface area contributed by atoms with Crippen LogP contribution in [0.3, 0.4) is 0 Å². The van der Waals surface area contributed by atoms with E-state index in [2.05, 4.69) is 21.9 Å². The lowest BCUT2D eigenvalue weighted by Gasteiger charge is -2.20. The number of aliphatic imine (C=N–C) groups is 1. The Morgan fingerprint density at radius 3 is 2.67 bits per heavy atom. The van der Waals surface area contributed by atoms with Gasteiger partial charge in [-0.25, -0.2) is 0 Å². The van der Waals surface area contributed by atoms with Gasteiger partial charge in [0.05, 0.1) is 24.5 Å². The molecule has 0 saturated carbocycles. The van der Waals surface area contributed by atoms with Crippen molar-refractivity contribution < 1.29 is 14.6 Å². The molecule has 2 N–H and O–H groups in total. The van der Waals surface area contributed by atoms with E-state index in [-0.39, 0.29) is 12.2 Å². The zero-order valence-corrected chi connectivity index (χ0v) is 15.3. The molecule has 4 rings (SSSR count). The normalized spacial score (nSPS) is 15.1. The summed E-state index contributed by atoms with van der Waals surface area (Å²) < 4.78 is 10.9. The molecule has 1 aliphatic heterocycles. The number of aromatic hydroxyl groups is 1. The van der Waals surface area contributed by atoms with E-state index in [0.29, 0.717) is 18.8 Å². The average molecular weight is 365 g/mol. The van der Waals surface area contributed by atoms with Crippen LogP contribution in [-0.4, -0.2) is 49.4 Å². The molecule has 3 aromatic rings. The third-order valence-corrected chi connectivity index (χ3v) is 4.75. The van der Waals surface area contributed by atoms with Crippen molar-refractivity contribution in [2.24, 2.45) is 4.99 Å². The number of aromatic nitrogens is 1. The summed E-state index contributed by atoms with van der Waals surface area (Å²) in [6.07, 6.45) is 2.46. The molecule has 0 amide bonds. The molecule has 6 heteroatoms. The molecule has 2 heterocycles. The van der Waals surface area contributed by atoms with Crippen LogP contribution in [0.4, 0.5) is 11.4 Å². The van der Waals surface area contributed by atoms with Crippen molar-refractivity contribution >= 4 is 28.5 Å². The van der Waals surface area contributed by atoms with E-state index in [9.17, 15) is 5.11 Å². The van der Waals surface area contributed by atoms with Gasteiger partial charge in [-0.05, 0) is 30.3 Å². The summed E-state index contributed by atoms with van der Waals surface area (Å²) in [5.74, 6) is 0.132. The van der Waals surface area contributed by atoms with Crippen molar-refractivity contribution in [1.82, 2.24) is 4.98 Å². The number of anilines is 1. The Morgan fingerprint density at radius 2 is 1.89 bits per heavy atom. The van der Waals surface area contributed by atoms with Crippen LogP contribution < -0.4 is 4.90 Å². The summed E-state index contributed by atoms with van der Waals surface area (Å²) in [6.45, 7) is 2.23. The first-order valence-corrected chi connectivity index (χ1v) is 9.09. The van der Waals surface area contributed by atoms with Crippen LogP contribution in [0.25, 0.3) is 10.9 Å². The maximum absolute atomic E-state index is 10.1. The average Bonchev–Trinajstić information content (AvgIpc) is 3.32. The molecule has 1 aliphatic rings. The zero-order chi connectivity index (χ0) is 18.6. The van der Waals surface area contributed by atoms with Crippen molar-refractivity contribution in [2.75, 3.05) is 31.7 Å². The fourth-order valence-corrected chi connectivity index (χ4v) is 3.21. The van der Waals surface area contributed by atoms with Crippen LogP contribution in [0.5, 0.6) is 5.88 Å². The molecule has 27 heavy (non-hydrogen) atoms. The number of ether oxygens (including phenoxy) is 2. The third-order valence-electron chi connectivity index (χ3n) is 4.75. The van der Waals surface area contributed by atoms with Gasteiger partial charge in [-0.15, -0.1) is 0 Å². The van der Waals surface area contributed by atoms with E-state index in [1.165, 1.54) is 0 Å². The van der Waals surface area contributed by atoms with Gasteiger partial charge in [0.1, 0.15) is 0 Å². The van der Waals surface area contributed by atoms with Gasteiger partial charge in [-0.1, -0.05) is 18.2 Å². The SMILES string of the molecule is CN(CCC1OCCO1)c1ccc(N=Cc2c(O)[nH]c3ccccc23)cc1. The van der Waals surface area contributed by atoms with Gasteiger partial charge in [0, 0.05) is 42.8 Å². The minimum atomic E-state index is -0.0832. The minimum Gasteiger partial charge on any atom is -0.494 e. The molecule has 6 nitrogen and oxygen atoms in total. The van der Waals surface area contributed by atoms with Crippen molar-refractivity contribution in [3.63, 3.8) is 0 Å². The summed E-state index contributed by atoms with van der Waals surface area (Å²) in [5, 5.41) is 11.1. The number of benzene rings is 2. The lowest BCUT2D eigenvalue weighted by molar-refractivity contribution is -0.0447. The lowest BCUT2D eigenvalue weighted by atomic mass is 10.2. The first-order chi connectivity index (χ1) is 13.2. The summed E-state index contributed by atoms with van der Waals surface area (Å²) in [7, 11) is 2.05. The Labute approximate surface area is 158 Å². The first-order valence-electron chi connectivity index (χ1n) is 9.09. The molecule has 0 unspecified atom stereocenters. The number of nitrogens with zero attached hydrogens (tertiary/aromatic N) is 2. The summed E-state index contributed by atoms with van der Waals surface area (Å²) >= 11 is 0. The molecule has 0 bridgehead atoms. The van der Waals surface area contributed by atoms with Gasteiger partial charge >= 0.3 is 0 Å². The Kier molecular flexibility index (Phi) is 5.09. The highest BCUT2D eigenvalue weighted by atomic mass is 16.7. The Morgan fingerprint density at radius 1 is 1.15 bits per heavy atom. The number of rotatable bonds is 6. The van der Waals surface area contributed by atoms with E-state index in [1.807, 2.05) is 48.5 Å². The quantitative estimate of drug-likeness (QED) is 0.652. The van der Waals surface area contributed by atoms with E-state index < -0.39 is 0 Å². The molecular formula is C21H23N3O3. The molecule has 1 aromatic heterocycles. The predicted molar refractivity (Wildman–Crippen MR) is 107 cm³/mol. The second-order valence-corrected chi connectivity index (χ2v) is 6.59. The monoisotopic (exact) mass is 365 g/mol. The highest BCUT2D eigenvalue weighted by Crippen LogP contribution is 2.26. The zero-order valence-electron chi connectivity index (χ0n) is 15.3. The number of fused-ring (bicyclic) bond motifs is 1. The van der Waals surface area contributed by atoms with Crippen LogP contribution in [0, 0.1) is 0 Å². The van der Waals surface area contributed by atoms with Gasteiger partial charge in [0.25, 0.3) is 0 Å². The largest absolute Gasteiger partial charge is 0.494 e. The number of para-hydroxylation sites is 1. The van der Waals surface area contributed by atoms with E-state index in [0.717, 1.165) is 35.2 Å². The molecule has 2 aromatic carbocycles.